The minimum absolute atomic E-state index is 0.152. The summed E-state index contributed by atoms with van der Waals surface area (Å²) >= 11 is 13.6. The van der Waals surface area contributed by atoms with E-state index in [4.69, 9.17) is 27.9 Å². The Hall–Kier alpha value is -3.00. The highest BCUT2D eigenvalue weighted by atomic mass is 35.5. The number of benzene rings is 3. The Kier molecular flexibility index (Phi) is 9.62. The second-order valence-electron chi connectivity index (χ2n) is 6.76. The Morgan fingerprint density at radius 3 is 2.33 bits per heavy atom. The summed E-state index contributed by atoms with van der Waals surface area (Å²) in [4.78, 5) is 23.9. The number of carbonyl (C=O) groups excluding carboxylic acids is 2. The Bertz CT molecular complexity index is 1120. The average molecular weight is 502 g/mol. The molecule has 0 aliphatic carbocycles. The first kappa shape index (κ1) is 24.6. The number of carbonyl (C=O) groups is 2. The molecule has 0 heterocycles. The zero-order valence-corrected chi connectivity index (χ0v) is 19.8. The van der Waals surface area contributed by atoms with E-state index in [9.17, 15) is 9.59 Å². The molecule has 6 nitrogen and oxygen atoms in total. The second-order valence-corrected chi connectivity index (χ2v) is 8.56. The van der Waals surface area contributed by atoms with Crippen LogP contribution in [0.4, 0.5) is 5.69 Å². The summed E-state index contributed by atoms with van der Waals surface area (Å²) in [5.74, 6) is 0.929. The largest absolute Gasteiger partial charge is 0.484 e. The molecule has 0 unspecified atom stereocenters. The second kappa shape index (κ2) is 12.9. The fraction of sp³-hybridized carbons (Fsp3) is 0.125. The van der Waals surface area contributed by atoms with Crippen LogP contribution in [-0.2, 0) is 15.3 Å². The number of thioether (sulfide) groups is 1. The molecule has 0 bridgehead atoms. The first-order valence-corrected chi connectivity index (χ1v) is 11.8. The molecule has 3 aromatic carbocycles. The molecule has 3 aromatic rings. The smallest absolute Gasteiger partial charge is 0.262 e. The maximum Gasteiger partial charge on any atom is 0.262 e. The summed E-state index contributed by atoms with van der Waals surface area (Å²) in [6.45, 7) is -0.152. The van der Waals surface area contributed by atoms with Crippen molar-refractivity contribution in [2.24, 2.45) is 5.10 Å². The molecule has 0 atom stereocenters. The third-order valence-electron chi connectivity index (χ3n) is 4.25. The molecule has 170 valence electrons. The standard InChI is InChI=1S/C24H21Cl2N3O3S/c25-20-6-2-1-5-18(20)15-33-16-24(31)29-27-13-17-9-11-19(12-10-17)32-14-23(30)28-22-8-4-3-7-21(22)26/h1-13H,14-16H2,(H,28,30)(H,29,31)/b27-13-. The highest BCUT2D eigenvalue weighted by Crippen LogP contribution is 2.21. The number of para-hydroxylation sites is 1. The molecule has 0 spiro atoms. The Labute approximate surface area is 206 Å². The van der Waals surface area contributed by atoms with Crippen LogP contribution in [-0.4, -0.2) is 30.4 Å². The molecule has 0 radical (unpaired) electrons. The lowest BCUT2D eigenvalue weighted by atomic mass is 10.2. The third kappa shape index (κ3) is 8.46. The predicted octanol–water partition coefficient (Wildman–Crippen LogP) is 5.39. The van der Waals surface area contributed by atoms with Crippen LogP contribution in [0.5, 0.6) is 5.75 Å². The summed E-state index contributed by atoms with van der Waals surface area (Å²) in [5, 5.41) is 7.80. The molecular weight excluding hydrogens is 481 g/mol. The fourth-order valence-corrected chi connectivity index (χ4v) is 3.92. The lowest BCUT2D eigenvalue weighted by Crippen LogP contribution is -2.20. The maximum absolute atomic E-state index is 12.0. The normalized spacial score (nSPS) is 10.7. The van der Waals surface area contributed by atoms with Crippen molar-refractivity contribution in [2.45, 2.75) is 5.75 Å². The number of anilines is 1. The number of nitrogens with zero attached hydrogens (tertiary/aromatic N) is 1. The number of hydrogen-bond acceptors (Lipinski definition) is 5. The Balaban J connectivity index is 1.37. The highest BCUT2D eigenvalue weighted by molar-refractivity contribution is 7.99. The van der Waals surface area contributed by atoms with Gasteiger partial charge in [0.25, 0.3) is 5.91 Å². The number of hydrazone groups is 1. The molecule has 0 fully saturated rings. The highest BCUT2D eigenvalue weighted by Gasteiger charge is 2.06. The first-order valence-electron chi connectivity index (χ1n) is 9.91. The molecule has 0 saturated heterocycles. The van der Waals surface area contributed by atoms with Gasteiger partial charge in [-0.2, -0.15) is 5.10 Å². The van der Waals surface area contributed by atoms with Crippen LogP contribution in [0, 0.1) is 0 Å². The number of hydrogen-bond donors (Lipinski definition) is 2. The summed E-state index contributed by atoms with van der Waals surface area (Å²) < 4.78 is 5.49. The number of rotatable bonds is 10. The number of halogens is 2. The fourth-order valence-electron chi connectivity index (χ4n) is 2.63. The summed E-state index contributed by atoms with van der Waals surface area (Å²) in [7, 11) is 0. The van der Waals surface area contributed by atoms with E-state index in [0.29, 0.717) is 27.2 Å². The van der Waals surface area contributed by atoms with E-state index in [1.54, 1.807) is 48.5 Å². The zero-order valence-electron chi connectivity index (χ0n) is 17.5. The maximum atomic E-state index is 12.0. The quantitative estimate of drug-likeness (QED) is 0.288. The van der Waals surface area contributed by atoms with Crippen molar-refractivity contribution in [3.8, 4) is 5.75 Å². The van der Waals surface area contributed by atoms with Crippen LogP contribution < -0.4 is 15.5 Å². The number of nitrogens with one attached hydrogen (secondary N) is 2. The molecule has 0 aliphatic heterocycles. The van der Waals surface area contributed by atoms with Gasteiger partial charge in [0.05, 0.1) is 22.7 Å². The molecule has 9 heteroatoms. The topological polar surface area (TPSA) is 79.8 Å². The average Bonchev–Trinajstić information content (AvgIpc) is 2.81. The van der Waals surface area contributed by atoms with Crippen LogP contribution >= 0.6 is 35.0 Å². The van der Waals surface area contributed by atoms with Crippen LogP contribution in [0.2, 0.25) is 10.0 Å². The van der Waals surface area contributed by atoms with Crippen LogP contribution in [0.1, 0.15) is 11.1 Å². The summed E-state index contributed by atoms with van der Waals surface area (Å²) in [6.07, 6.45) is 1.53. The first-order chi connectivity index (χ1) is 16.0. The molecule has 3 rings (SSSR count). The van der Waals surface area contributed by atoms with Crippen molar-refractivity contribution in [1.82, 2.24) is 5.43 Å². The molecule has 0 saturated carbocycles. The SMILES string of the molecule is O=C(CSCc1ccccc1Cl)N/N=C\c1ccc(OCC(=O)Nc2ccccc2Cl)cc1. The van der Waals surface area contributed by atoms with E-state index in [-0.39, 0.29) is 24.2 Å². The minimum atomic E-state index is -0.316. The van der Waals surface area contributed by atoms with Gasteiger partial charge >= 0.3 is 0 Å². The third-order valence-corrected chi connectivity index (χ3v) is 5.93. The lowest BCUT2D eigenvalue weighted by molar-refractivity contribution is -0.119. The van der Waals surface area contributed by atoms with E-state index in [0.717, 1.165) is 11.1 Å². The van der Waals surface area contributed by atoms with Gasteiger partial charge in [-0.25, -0.2) is 5.43 Å². The van der Waals surface area contributed by atoms with Crippen molar-refractivity contribution >= 4 is 58.7 Å². The monoisotopic (exact) mass is 501 g/mol. The molecule has 2 amide bonds. The van der Waals surface area contributed by atoms with Gasteiger partial charge in [-0.3, -0.25) is 9.59 Å². The molecule has 2 N–H and O–H groups in total. The zero-order chi connectivity index (χ0) is 23.5. The van der Waals surface area contributed by atoms with Crippen molar-refractivity contribution in [3.63, 3.8) is 0 Å². The van der Waals surface area contributed by atoms with Crippen LogP contribution in [0.15, 0.2) is 77.9 Å². The van der Waals surface area contributed by atoms with Gasteiger partial charge in [-0.1, -0.05) is 53.5 Å². The minimum Gasteiger partial charge on any atom is -0.484 e. The predicted molar refractivity (Wildman–Crippen MR) is 135 cm³/mol. The van der Waals surface area contributed by atoms with E-state index in [2.05, 4.69) is 15.8 Å². The van der Waals surface area contributed by atoms with Gasteiger partial charge in [0.15, 0.2) is 6.61 Å². The van der Waals surface area contributed by atoms with Gasteiger partial charge in [-0.15, -0.1) is 11.8 Å². The van der Waals surface area contributed by atoms with E-state index in [1.807, 2.05) is 24.3 Å². The number of ether oxygens (including phenoxy) is 1. The van der Waals surface area contributed by atoms with Gasteiger partial charge in [0, 0.05) is 10.8 Å². The van der Waals surface area contributed by atoms with Crippen molar-refractivity contribution in [2.75, 3.05) is 17.7 Å². The summed E-state index contributed by atoms with van der Waals surface area (Å²) in [6, 6.07) is 21.5. The van der Waals surface area contributed by atoms with Crippen molar-refractivity contribution in [1.29, 1.82) is 0 Å². The van der Waals surface area contributed by atoms with E-state index < -0.39 is 0 Å². The molecule has 33 heavy (non-hydrogen) atoms. The van der Waals surface area contributed by atoms with Gasteiger partial charge in [0.1, 0.15) is 5.75 Å². The Morgan fingerprint density at radius 1 is 0.909 bits per heavy atom. The van der Waals surface area contributed by atoms with Gasteiger partial charge < -0.3 is 10.1 Å². The van der Waals surface area contributed by atoms with Crippen molar-refractivity contribution < 1.29 is 14.3 Å². The van der Waals surface area contributed by atoms with Crippen LogP contribution in [0.3, 0.4) is 0 Å². The van der Waals surface area contributed by atoms with E-state index in [1.165, 1.54) is 18.0 Å². The molecule has 0 aromatic heterocycles. The lowest BCUT2D eigenvalue weighted by Gasteiger charge is -2.08. The number of amides is 2. The molecular formula is C24H21Cl2N3O3S. The van der Waals surface area contributed by atoms with E-state index >= 15 is 0 Å². The van der Waals surface area contributed by atoms with Crippen LogP contribution in [0.25, 0.3) is 0 Å². The van der Waals surface area contributed by atoms with Crippen molar-refractivity contribution in [3.05, 3.63) is 94.0 Å². The molecule has 0 aliphatic rings. The van der Waals surface area contributed by atoms with Gasteiger partial charge in [0.2, 0.25) is 5.91 Å². The summed E-state index contributed by atoms with van der Waals surface area (Å²) in [5.41, 5.74) is 4.79. The Morgan fingerprint density at radius 2 is 1.61 bits per heavy atom. The van der Waals surface area contributed by atoms with Gasteiger partial charge in [-0.05, 0) is 53.6 Å².